The summed E-state index contributed by atoms with van der Waals surface area (Å²) < 4.78 is 1.31. The number of rotatable bonds is 7. The van der Waals surface area contributed by atoms with Crippen LogP contribution in [0.1, 0.15) is 66.7 Å². The Labute approximate surface area is 178 Å². The number of nitrogens with zero attached hydrogens (tertiary/aromatic N) is 4. The summed E-state index contributed by atoms with van der Waals surface area (Å²) in [5, 5.41) is 12.4. The highest BCUT2D eigenvalue weighted by Crippen LogP contribution is 2.32. The van der Waals surface area contributed by atoms with E-state index in [1.807, 2.05) is 17.0 Å². The van der Waals surface area contributed by atoms with Crippen molar-refractivity contribution in [3.63, 3.8) is 0 Å². The number of amides is 1. The van der Waals surface area contributed by atoms with E-state index >= 15 is 0 Å². The van der Waals surface area contributed by atoms with Crippen LogP contribution in [0, 0.1) is 0 Å². The zero-order valence-corrected chi connectivity index (χ0v) is 18.9. The van der Waals surface area contributed by atoms with E-state index < -0.39 is 0 Å². The van der Waals surface area contributed by atoms with E-state index in [1.54, 1.807) is 12.1 Å². The number of piperidine rings is 1. The lowest BCUT2D eigenvalue weighted by atomic mass is 9.79. The summed E-state index contributed by atoms with van der Waals surface area (Å²) in [7, 11) is 0. The molecule has 1 aliphatic rings. The summed E-state index contributed by atoms with van der Waals surface area (Å²) in [6.07, 6.45) is 4.11. The molecule has 0 spiro atoms. The Hall–Kier alpha value is -2.28. The van der Waals surface area contributed by atoms with Crippen LogP contribution in [0.25, 0.3) is 10.9 Å². The average Bonchev–Trinajstić information content (AvgIpc) is 2.65. The molecule has 0 aliphatic carbocycles. The summed E-state index contributed by atoms with van der Waals surface area (Å²) in [6, 6.07) is 7.35. The Morgan fingerprint density at radius 1 is 1.20 bits per heavy atom. The SMILES string of the molecule is CCCCN(C(=O)CCn1nnc2ccccc2c1=O)C1CC(C)(C)NC(C)(C)C1. The van der Waals surface area contributed by atoms with Crippen molar-refractivity contribution < 1.29 is 4.79 Å². The first-order valence-electron chi connectivity index (χ1n) is 11.0. The molecule has 1 aromatic heterocycles. The highest BCUT2D eigenvalue weighted by Gasteiger charge is 2.40. The Kier molecular flexibility index (Phi) is 6.60. The van der Waals surface area contributed by atoms with Crippen molar-refractivity contribution in [3.8, 4) is 0 Å². The molecule has 1 aliphatic heterocycles. The van der Waals surface area contributed by atoms with Gasteiger partial charge in [0.05, 0.1) is 11.9 Å². The summed E-state index contributed by atoms with van der Waals surface area (Å²) in [6.45, 7) is 12.0. The van der Waals surface area contributed by atoms with E-state index in [9.17, 15) is 9.59 Å². The van der Waals surface area contributed by atoms with Crippen molar-refractivity contribution in [2.45, 2.75) is 90.4 Å². The summed E-state index contributed by atoms with van der Waals surface area (Å²) in [5.74, 6) is 0.0869. The van der Waals surface area contributed by atoms with E-state index in [4.69, 9.17) is 0 Å². The number of hydrogen-bond acceptors (Lipinski definition) is 5. The number of benzene rings is 1. The summed E-state index contributed by atoms with van der Waals surface area (Å²) in [5.41, 5.74) is 0.321. The van der Waals surface area contributed by atoms with Crippen LogP contribution in [-0.2, 0) is 11.3 Å². The molecule has 0 saturated carbocycles. The zero-order valence-electron chi connectivity index (χ0n) is 18.9. The maximum Gasteiger partial charge on any atom is 0.277 e. The van der Waals surface area contributed by atoms with Crippen LogP contribution in [0.15, 0.2) is 29.1 Å². The number of aromatic nitrogens is 3. The van der Waals surface area contributed by atoms with E-state index in [0.29, 0.717) is 10.9 Å². The third-order valence-corrected chi connectivity index (χ3v) is 5.85. The van der Waals surface area contributed by atoms with Crippen LogP contribution in [0.4, 0.5) is 0 Å². The highest BCUT2D eigenvalue weighted by molar-refractivity contribution is 5.77. The minimum absolute atomic E-state index is 0.0298. The first kappa shape index (κ1) is 22.4. The maximum absolute atomic E-state index is 13.3. The molecule has 2 aromatic rings. The Bertz CT molecular complexity index is 934. The maximum atomic E-state index is 13.3. The number of nitrogens with one attached hydrogen (secondary N) is 1. The fourth-order valence-corrected chi connectivity index (χ4v) is 4.84. The van der Waals surface area contributed by atoms with Crippen LogP contribution in [-0.4, -0.2) is 49.5 Å². The monoisotopic (exact) mass is 413 g/mol. The molecule has 1 amide bonds. The third-order valence-electron chi connectivity index (χ3n) is 5.85. The third kappa shape index (κ3) is 5.25. The van der Waals surface area contributed by atoms with Crippen molar-refractivity contribution in [3.05, 3.63) is 34.6 Å². The summed E-state index contributed by atoms with van der Waals surface area (Å²) in [4.78, 5) is 28.0. The molecule has 1 fully saturated rings. The largest absolute Gasteiger partial charge is 0.340 e. The summed E-state index contributed by atoms with van der Waals surface area (Å²) >= 11 is 0. The van der Waals surface area contributed by atoms with Crippen LogP contribution in [0.3, 0.4) is 0 Å². The van der Waals surface area contributed by atoms with Crippen LogP contribution >= 0.6 is 0 Å². The molecule has 3 rings (SSSR count). The molecule has 7 heteroatoms. The van der Waals surface area contributed by atoms with Gasteiger partial charge in [0.1, 0.15) is 5.52 Å². The molecule has 1 aromatic carbocycles. The van der Waals surface area contributed by atoms with Crippen molar-refractivity contribution in [2.24, 2.45) is 0 Å². The average molecular weight is 414 g/mol. The molecule has 0 bridgehead atoms. The molecule has 0 unspecified atom stereocenters. The first-order valence-corrected chi connectivity index (χ1v) is 11.0. The molecular weight excluding hydrogens is 378 g/mol. The van der Waals surface area contributed by atoms with E-state index in [0.717, 1.165) is 32.2 Å². The highest BCUT2D eigenvalue weighted by atomic mass is 16.2. The fraction of sp³-hybridized carbons (Fsp3) is 0.652. The predicted octanol–water partition coefficient (Wildman–Crippen LogP) is 3.12. The number of aryl methyl sites for hydroxylation is 1. The van der Waals surface area contributed by atoms with Crippen molar-refractivity contribution >= 4 is 16.8 Å². The topological polar surface area (TPSA) is 80.1 Å². The molecule has 0 atom stereocenters. The molecule has 164 valence electrons. The Morgan fingerprint density at radius 3 is 2.53 bits per heavy atom. The molecule has 0 radical (unpaired) electrons. The van der Waals surface area contributed by atoms with Crippen LogP contribution in [0.5, 0.6) is 0 Å². The second-order valence-corrected chi connectivity index (χ2v) is 9.78. The van der Waals surface area contributed by atoms with Gasteiger partial charge in [-0.3, -0.25) is 9.59 Å². The van der Waals surface area contributed by atoms with Gasteiger partial charge in [-0.05, 0) is 59.1 Å². The minimum Gasteiger partial charge on any atom is -0.340 e. The molecular formula is C23H35N5O2. The van der Waals surface area contributed by atoms with Crippen LogP contribution in [0.2, 0.25) is 0 Å². The minimum atomic E-state index is -0.197. The molecule has 1 N–H and O–H groups in total. The first-order chi connectivity index (χ1) is 14.1. The van der Waals surface area contributed by atoms with E-state index in [-0.39, 0.29) is 41.6 Å². The van der Waals surface area contributed by atoms with Crippen molar-refractivity contribution in [1.82, 2.24) is 25.2 Å². The normalized spacial score (nSPS) is 18.4. The van der Waals surface area contributed by atoms with Gasteiger partial charge in [0, 0.05) is 30.1 Å². The van der Waals surface area contributed by atoms with Gasteiger partial charge >= 0.3 is 0 Å². The lowest BCUT2D eigenvalue weighted by molar-refractivity contribution is -0.135. The molecule has 7 nitrogen and oxygen atoms in total. The number of carbonyl (C=O) groups excluding carboxylic acids is 1. The van der Waals surface area contributed by atoms with E-state index in [2.05, 4.69) is 50.2 Å². The molecule has 30 heavy (non-hydrogen) atoms. The second kappa shape index (κ2) is 8.84. The van der Waals surface area contributed by atoms with Gasteiger partial charge in [-0.15, -0.1) is 5.10 Å². The number of unbranched alkanes of at least 4 members (excludes halogenated alkanes) is 1. The van der Waals surface area contributed by atoms with Gasteiger partial charge in [0.25, 0.3) is 5.56 Å². The van der Waals surface area contributed by atoms with Gasteiger partial charge in [0.2, 0.25) is 5.91 Å². The van der Waals surface area contributed by atoms with Gasteiger partial charge in [-0.2, -0.15) is 0 Å². The number of hydrogen-bond donors (Lipinski definition) is 1. The smallest absolute Gasteiger partial charge is 0.277 e. The predicted molar refractivity (Wildman–Crippen MR) is 119 cm³/mol. The zero-order chi connectivity index (χ0) is 21.9. The molecule has 1 saturated heterocycles. The standard InChI is InChI=1S/C23H35N5O2/c1-6-7-13-27(17-15-22(2,3)25-23(4,5)16-17)20(29)12-14-28-21(30)18-10-8-9-11-19(18)24-26-28/h8-11,17,25H,6-7,12-16H2,1-5H3. The lowest BCUT2D eigenvalue weighted by Crippen LogP contribution is -2.63. The van der Waals surface area contributed by atoms with Gasteiger partial charge in [-0.25, -0.2) is 4.68 Å². The van der Waals surface area contributed by atoms with Gasteiger partial charge in [-0.1, -0.05) is 30.7 Å². The molecule has 2 heterocycles. The van der Waals surface area contributed by atoms with Gasteiger partial charge < -0.3 is 10.2 Å². The second-order valence-electron chi connectivity index (χ2n) is 9.78. The quantitative estimate of drug-likeness (QED) is 0.754. The van der Waals surface area contributed by atoms with Crippen molar-refractivity contribution in [1.29, 1.82) is 0 Å². The van der Waals surface area contributed by atoms with Gasteiger partial charge in [0.15, 0.2) is 0 Å². The number of fused-ring (bicyclic) bond motifs is 1. The Balaban J connectivity index is 1.76. The van der Waals surface area contributed by atoms with Crippen LogP contribution < -0.4 is 10.9 Å². The lowest BCUT2D eigenvalue weighted by Gasteiger charge is -2.49. The number of carbonyl (C=O) groups is 1. The van der Waals surface area contributed by atoms with E-state index in [1.165, 1.54) is 4.68 Å². The fourth-order valence-electron chi connectivity index (χ4n) is 4.84. The van der Waals surface area contributed by atoms with Crippen molar-refractivity contribution in [2.75, 3.05) is 6.54 Å². The Morgan fingerprint density at radius 2 is 1.87 bits per heavy atom.